The lowest BCUT2D eigenvalue weighted by Gasteiger charge is -2.07. The van der Waals surface area contributed by atoms with Crippen LogP contribution in [0.25, 0.3) is 11.4 Å². The molecular formula is C19H24N6O2S3. The molecule has 3 aromatic rings. The van der Waals surface area contributed by atoms with Gasteiger partial charge in [-0.1, -0.05) is 36.9 Å². The molecule has 3 rings (SSSR count). The second-order valence-corrected chi connectivity index (χ2v) is 10.1. The Morgan fingerprint density at radius 2 is 2.03 bits per heavy atom. The molecule has 0 radical (unpaired) electrons. The molecule has 0 bridgehead atoms. The largest absolute Gasteiger partial charge is 0.344 e. The number of carbonyl (C=O) groups excluding carboxylic acids is 2. The van der Waals surface area contributed by atoms with E-state index in [9.17, 15) is 9.59 Å². The number of amides is 2. The molecule has 3 heterocycles. The third kappa shape index (κ3) is 4.90. The highest BCUT2D eigenvalue weighted by Gasteiger charge is 2.19. The van der Waals surface area contributed by atoms with E-state index >= 15 is 0 Å². The molecule has 8 nitrogen and oxygen atoms in total. The van der Waals surface area contributed by atoms with Crippen molar-refractivity contribution in [2.24, 2.45) is 7.05 Å². The number of carbonyl (C=O) groups is 2. The van der Waals surface area contributed by atoms with Crippen molar-refractivity contribution < 1.29 is 9.59 Å². The van der Waals surface area contributed by atoms with Crippen LogP contribution in [0.4, 0.5) is 5.13 Å². The number of nitrogens with zero attached hydrogens (tertiary/aromatic N) is 5. The highest BCUT2D eigenvalue weighted by atomic mass is 32.2. The van der Waals surface area contributed by atoms with Crippen molar-refractivity contribution in [3.8, 4) is 11.4 Å². The molecule has 0 aliphatic carbocycles. The first-order chi connectivity index (χ1) is 14.2. The van der Waals surface area contributed by atoms with Gasteiger partial charge in [0.2, 0.25) is 5.91 Å². The van der Waals surface area contributed by atoms with E-state index in [-0.39, 0.29) is 17.6 Å². The first-order valence-electron chi connectivity index (χ1n) is 9.27. The third-order valence-electron chi connectivity index (χ3n) is 4.26. The molecule has 3 aromatic heterocycles. The van der Waals surface area contributed by atoms with Crippen LogP contribution in [0, 0.1) is 6.92 Å². The molecule has 0 spiro atoms. The fourth-order valence-electron chi connectivity index (χ4n) is 2.60. The zero-order chi connectivity index (χ0) is 22.0. The number of thiophene rings is 1. The molecule has 2 amide bonds. The van der Waals surface area contributed by atoms with Crippen LogP contribution < -0.4 is 5.32 Å². The molecule has 0 unspecified atom stereocenters. The molecular weight excluding hydrogens is 440 g/mol. The lowest BCUT2D eigenvalue weighted by molar-refractivity contribution is -0.113. The van der Waals surface area contributed by atoms with E-state index in [1.54, 1.807) is 32.4 Å². The Labute approximate surface area is 187 Å². The Bertz CT molecular complexity index is 1070. The quantitative estimate of drug-likeness (QED) is 0.534. The van der Waals surface area contributed by atoms with Gasteiger partial charge < -0.3 is 14.8 Å². The lowest BCUT2D eigenvalue weighted by atomic mass is 10.1. The van der Waals surface area contributed by atoms with Crippen LogP contribution >= 0.6 is 34.4 Å². The van der Waals surface area contributed by atoms with Gasteiger partial charge in [0.15, 0.2) is 16.1 Å². The molecule has 0 aliphatic heterocycles. The van der Waals surface area contributed by atoms with Crippen molar-refractivity contribution in [3.63, 3.8) is 0 Å². The third-order valence-corrected chi connectivity index (χ3v) is 7.57. The summed E-state index contributed by atoms with van der Waals surface area (Å²) in [4.78, 5) is 32.1. The van der Waals surface area contributed by atoms with E-state index in [0.29, 0.717) is 26.8 Å². The number of hydrogen-bond donors (Lipinski definition) is 1. The van der Waals surface area contributed by atoms with Crippen LogP contribution in [0.2, 0.25) is 0 Å². The van der Waals surface area contributed by atoms with Gasteiger partial charge in [-0.05, 0) is 18.9 Å². The highest BCUT2D eigenvalue weighted by molar-refractivity contribution is 7.99. The minimum atomic E-state index is -0.209. The molecule has 11 heteroatoms. The summed E-state index contributed by atoms with van der Waals surface area (Å²) in [6.07, 6.45) is 0. The van der Waals surface area contributed by atoms with Gasteiger partial charge in [-0.25, -0.2) is 4.98 Å². The van der Waals surface area contributed by atoms with Crippen molar-refractivity contribution >= 4 is 51.4 Å². The maximum Gasteiger partial charge on any atom is 0.265 e. The molecule has 0 fully saturated rings. The van der Waals surface area contributed by atoms with Crippen molar-refractivity contribution in [1.82, 2.24) is 24.6 Å². The first kappa shape index (κ1) is 22.4. The molecule has 30 heavy (non-hydrogen) atoms. The van der Waals surface area contributed by atoms with E-state index < -0.39 is 0 Å². The van der Waals surface area contributed by atoms with Crippen molar-refractivity contribution in [1.29, 1.82) is 0 Å². The number of anilines is 1. The van der Waals surface area contributed by atoms with Gasteiger partial charge in [0, 0.05) is 37.0 Å². The van der Waals surface area contributed by atoms with Crippen LogP contribution in [0.1, 0.15) is 40.0 Å². The molecule has 0 aromatic carbocycles. The summed E-state index contributed by atoms with van der Waals surface area (Å²) in [7, 11) is 5.27. The molecule has 0 saturated heterocycles. The first-order valence-corrected chi connectivity index (χ1v) is 12.0. The van der Waals surface area contributed by atoms with E-state index in [1.807, 2.05) is 11.6 Å². The van der Waals surface area contributed by atoms with Gasteiger partial charge in [0.05, 0.1) is 11.4 Å². The maximum absolute atomic E-state index is 12.4. The van der Waals surface area contributed by atoms with Gasteiger partial charge in [-0.3, -0.25) is 9.59 Å². The van der Waals surface area contributed by atoms with E-state index in [0.717, 1.165) is 11.4 Å². The van der Waals surface area contributed by atoms with Crippen LogP contribution in [0.15, 0.2) is 16.6 Å². The van der Waals surface area contributed by atoms with Crippen LogP contribution in [0.3, 0.4) is 0 Å². The number of hydrogen-bond acceptors (Lipinski definition) is 8. The molecule has 160 valence electrons. The van der Waals surface area contributed by atoms with E-state index in [1.165, 1.54) is 32.9 Å². The van der Waals surface area contributed by atoms with Gasteiger partial charge in [0.25, 0.3) is 5.91 Å². The Morgan fingerprint density at radius 1 is 1.30 bits per heavy atom. The fourth-order valence-corrected chi connectivity index (χ4v) is 5.22. The lowest BCUT2D eigenvalue weighted by Crippen LogP contribution is -2.21. The number of aromatic nitrogens is 4. The summed E-state index contributed by atoms with van der Waals surface area (Å²) in [5.74, 6) is 1.09. The number of thiazole rings is 1. The number of thioether (sulfide) groups is 1. The van der Waals surface area contributed by atoms with Crippen molar-refractivity contribution in [2.75, 3.05) is 25.2 Å². The Balaban J connectivity index is 1.62. The smallest absolute Gasteiger partial charge is 0.265 e. The average molecular weight is 465 g/mol. The van der Waals surface area contributed by atoms with Crippen LogP contribution in [-0.4, -0.2) is 56.3 Å². The number of aryl methyl sites for hydroxylation is 1. The predicted octanol–water partition coefficient (Wildman–Crippen LogP) is 3.86. The van der Waals surface area contributed by atoms with Gasteiger partial charge in [-0.15, -0.1) is 21.5 Å². The monoisotopic (exact) mass is 464 g/mol. The molecule has 0 aliphatic rings. The van der Waals surface area contributed by atoms with E-state index in [2.05, 4.69) is 45.8 Å². The van der Waals surface area contributed by atoms with Gasteiger partial charge >= 0.3 is 0 Å². The van der Waals surface area contributed by atoms with Crippen LogP contribution in [0.5, 0.6) is 0 Å². The van der Waals surface area contributed by atoms with Gasteiger partial charge in [0.1, 0.15) is 4.88 Å². The Kier molecular flexibility index (Phi) is 6.94. The normalized spacial score (nSPS) is 11.2. The summed E-state index contributed by atoms with van der Waals surface area (Å²) in [6.45, 7) is 6.08. The zero-order valence-electron chi connectivity index (χ0n) is 17.7. The zero-order valence-corrected chi connectivity index (χ0v) is 20.2. The summed E-state index contributed by atoms with van der Waals surface area (Å²) >= 11 is 4.20. The second kappa shape index (κ2) is 9.27. The average Bonchev–Trinajstić information content (AvgIpc) is 3.38. The standard InChI is InChI=1S/C19H24N6O2S3/c1-10(2)13-7-12(8-28-13)16-22-23-19(25(16)6)29-9-14(26)21-18-20-11(3)15(30-18)17(27)24(4)5/h7-8,10H,9H2,1-6H3,(H,20,21,26). The number of nitrogens with one attached hydrogen (secondary N) is 1. The molecule has 0 atom stereocenters. The summed E-state index contributed by atoms with van der Waals surface area (Å²) in [5, 5.41) is 14.4. The molecule has 1 N–H and O–H groups in total. The topological polar surface area (TPSA) is 93.0 Å². The van der Waals surface area contributed by atoms with Gasteiger partial charge in [-0.2, -0.15) is 0 Å². The summed E-state index contributed by atoms with van der Waals surface area (Å²) < 4.78 is 1.89. The predicted molar refractivity (Wildman–Crippen MR) is 123 cm³/mol. The number of rotatable bonds is 7. The minimum absolute atomic E-state index is 0.124. The van der Waals surface area contributed by atoms with Crippen molar-refractivity contribution in [2.45, 2.75) is 31.8 Å². The molecule has 0 saturated carbocycles. The van der Waals surface area contributed by atoms with E-state index in [4.69, 9.17) is 0 Å². The van der Waals surface area contributed by atoms with Crippen molar-refractivity contribution in [3.05, 3.63) is 26.9 Å². The highest BCUT2D eigenvalue weighted by Crippen LogP contribution is 2.30. The Morgan fingerprint density at radius 3 is 2.67 bits per heavy atom. The summed E-state index contributed by atoms with van der Waals surface area (Å²) in [5.41, 5.74) is 1.64. The Hall–Kier alpha value is -2.24. The minimum Gasteiger partial charge on any atom is -0.344 e. The summed E-state index contributed by atoms with van der Waals surface area (Å²) in [6, 6.07) is 2.14. The maximum atomic E-state index is 12.4. The fraction of sp³-hybridized carbons (Fsp3) is 0.421. The van der Waals surface area contributed by atoms with Crippen LogP contribution in [-0.2, 0) is 11.8 Å². The SMILES string of the molecule is Cc1nc(NC(=O)CSc2nnc(-c3csc(C(C)C)c3)n2C)sc1C(=O)N(C)C. The second-order valence-electron chi connectivity index (χ2n) is 7.23.